The Kier molecular flexibility index (Phi) is 8.07. The SMILES string of the molecule is C[C@@H]1CCCC(O[C@H]2[C@@H](O)C[C@H](O[C@H]3CC[C@]4(C)C5CC[C@]6(C)[C@@H](C7=CC(=O)OC7)CC[C@]6(O)[C@@H]5CC[C@@H]4C3)O[C@@H]2C)O1. The molecule has 0 aromatic carbocycles. The van der Waals surface area contributed by atoms with Crippen LogP contribution in [0.25, 0.3) is 0 Å². The lowest BCUT2D eigenvalue weighted by Crippen LogP contribution is -2.62. The van der Waals surface area contributed by atoms with E-state index in [1.165, 1.54) is 0 Å². The maximum Gasteiger partial charge on any atom is 0.331 e. The molecule has 0 spiro atoms. The summed E-state index contributed by atoms with van der Waals surface area (Å²) in [4.78, 5) is 11.9. The smallest absolute Gasteiger partial charge is 0.331 e. The second kappa shape index (κ2) is 11.3. The molecule has 3 heterocycles. The topological polar surface area (TPSA) is 104 Å². The van der Waals surface area contributed by atoms with E-state index in [2.05, 4.69) is 20.8 Å². The fourth-order valence-electron chi connectivity index (χ4n) is 11.3. The van der Waals surface area contributed by atoms with E-state index in [1.807, 2.05) is 6.92 Å². The van der Waals surface area contributed by atoms with E-state index in [0.29, 0.717) is 30.8 Å². The minimum absolute atomic E-state index is 0.124. The molecule has 0 aromatic rings. The van der Waals surface area contributed by atoms with E-state index < -0.39 is 24.1 Å². The summed E-state index contributed by atoms with van der Waals surface area (Å²) in [7, 11) is 0. The molecule has 2 N–H and O–H groups in total. The lowest BCUT2D eigenvalue weighted by atomic mass is 9.43. The number of esters is 1. The molecule has 2 saturated heterocycles. The number of cyclic esters (lactones) is 1. The number of hydrogen-bond donors (Lipinski definition) is 2. The number of aliphatic hydroxyl groups is 2. The average Bonchev–Trinajstić information content (AvgIpc) is 3.50. The van der Waals surface area contributed by atoms with Gasteiger partial charge in [-0.3, -0.25) is 0 Å². The Labute approximate surface area is 257 Å². The minimum Gasteiger partial charge on any atom is -0.458 e. The van der Waals surface area contributed by atoms with Crippen LogP contribution in [-0.2, 0) is 28.5 Å². The van der Waals surface area contributed by atoms with Crippen LogP contribution in [0.4, 0.5) is 0 Å². The largest absolute Gasteiger partial charge is 0.458 e. The first-order valence-electron chi connectivity index (χ1n) is 17.4. The van der Waals surface area contributed by atoms with Crippen LogP contribution in [0.1, 0.15) is 111 Å². The van der Waals surface area contributed by atoms with Gasteiger partial charge in [-0.05, 0) is 126 Å². The highest BCUT2D eigenvalue weighted by Crippen LogP contribution is 2.70. The monoisotopic (exact) mass is 602 g/mol. The fourth-order valence-corrected chi connectivity index (χ4v) is 11.3. The molecule has 0 aromatic heterocycles. The van der Waals surface area contributed by atoms with E-state index >= 15 is 0 Å². The third kappa shape index (κ3) is 5.14. The number of fused-ring (bicyclic) bond motifs is 5. The second-order valence-electron chi connectivity index (χ2n) is 15.8. The number of ether oxygens (including phenoxy) is 5. The van der Waals surface area contributed by atoms with Crippen LogP contribution < -0.4 is 0 Å². The zero-order valence-corrected chi connectivity index (χ0v) is 26.7. The standard InChI is InChI=1S/C35H54O8/c1-20-6-5-7-30(40-20)43-32-21(2)41-31(18-28(32)36)42-24-10-13-33(3)23(17-24)8-9-27-26(33)11-14-34(4)25(12-15-35(27,34)38)22-16-29(37)39-19-22/h16,20-21,23-28,30-32,36,38H,5-15,17-19H2,1-4H3/t20-,21-,23-,24+,25-,26?,27-,28+,30?,31+,32-,33+,34-,35+/m1/s1. The highest BCUT2D eigenvalue weighted by atomic mass is 16.7. The number of carbonyl (C=O) groups excluding carboxylic acids is 1. The first-order valence-corrected chi connectivity index (χ1v) is 17.4. The van der Waals surface area contributed by atoms with Gasteiger partial charge in [-0.15, -0.1) is 0 Å². The molecule has 0 bridgehead atoms. The molecule has 242 valence electrons. The van der Waals surface area contributed by atoms with Gasteiger partial charge >= 0.3 is 5.97 Å². The van der Waals surface area contributed by atoms with E-state index in [1.54, 1.807) is 6.08 Å². The van der Waals surface area contributed by atoms with Crippen molar-refractivity contribution in [3.63, 3.8) is 0 Å². The number of rotatable bonds is 5. The van der Waals surface area contributed by atoms with E-state index in [9.17, 15) is 15.0 Å². The summed E-state index contributed by atoms with van der Waals surface area (Å²) in [5.74, 6) is 1.38. The highest BCUT2D eigenvalue weighted by Gasteiger charge is 2.67. The quantitative estimate of drug-likeness (QED) is 0.318. The van der Waals surface area contributed by atoms with Gasteiger partial charge in [0.05, 0.1) is 30.0 Å². The van der Waals surface area contributed by atoms with Crippen molar-refractivity contribution in [2.75, 3.05) is 6.61 Å². The molecule has 14 atom stereocenters. The summed E-state index contributed by atoms with van der Waals surface area (Å²) >= 11 is 0. The van der Waals surface area contributed by atoms with Crippen LogP contribution in [0, 0.1) is 34.5 Å². The molecule has 6 fully saturated rings. The number of carbonyl (C=O) groups is 1. The molecule has 0 amide bonds. The molecule has 43 heavy (non-hydrogen) atoms. The Hall–Kier alpha value is -1.03. The van der Waals surface area contributed by atoms with Gasteiger partial charge in [-0.2, -0.15) is 0 Å². The zero-order valence-electron chi connectivity index (χ0n) is 26.7. The third-order valence-corrected chi connectivity index (χ3v) is 13.7. The maximum atomic E-state index is 12.5. The first-order chi connectivity index (χ1) is 20.5. The van der Waals surface area contributed by atoms with Crippen molar-refractivity contribution < 1.29 is 38.7 Å². The Balaban J connectivity index is 0.969. The lowest BCUT2D eigenvalue weighted by molar-refractivity contribution is -0.306. The summed E-state index contributed by atoms with van der Waals surface area (Å²) in [5, 5.41) is 23.5. The predicted octanol–water partition coefficient (Wildman–Crippen LogP) is 5.42. The third-order valence-electron chi connectivity index (χ3n) is 13.7. The Bertz CT molecular complexity index is 1080. The van der Waals surface area contributed by atoms with Gasteiger partial charge in [0.2, 0.25) is 0 Å². The Morgan fingerprint density at radius 2 is 1.72 bits per heavy atom. The first kappa shape index (κ1) is 30.6. The van der Waals surface area contributed by atoms with Gasteiger partial charge in [0.25, 0.3) is 0 Å². The molecule has 8 nitrogen and oxygen atoms in total. The van der Waals surface area contributed by atoms with Crippen molar-refractivity contribution in [1.82, 2.24) is 0 Å². The molecule has 8 heteroatoms. The molecule has 0 radical (unpaired) electrons. The van der Waals surface area contributed by atoms with E-state index in [0.717, 1.165) is 82.6 Å². The van der Waals surface area contributed by atoms with Gasteiger partial charge in [0.15, 0.2) is 12.6 Å². The van der Waals surface area contributed by atoms with Crippen LogP contribution in [0.15, 0.2) is 11.6 Å². The van der Waals surface area contributed by atoms with Crippen LogP contribution in [0.3, 0.4) is 0 Å². The summed E-state index contributed by atoms with van der Waals surface area (Å²) in [6.45, 7) is 9.23. The second-order valence-corrected chi connectivity index (χ2v) is 15.8. The van der Waals surface area contributed by atoms with Gasteiger partial charge in [0.1, 0.15) is 12.7 Å². The molecule has 7 rings (SSSR count). The van der Waals surface area contributed by atoms with Crippen molar-refractivity contribution in [1.29, 1.82) is 0 Å². The van der Waals surface area contributed by atoms with Crippen molar-refractivity contribution in [2.45, 2.75) is 160 Å². The Morgan fingerprint density at radius 3 is 2.47 bits per heavy atom. The molecule has 4 saturated carbocycles. The summed E-state index contributed by atoms with van der Waals surface area (Å²) in [6, 6.07) is 0. The summed E-state index contributed by atoms with van der Waals surface area (Å²) in [5.41, 5.74) is 0.408. The number of hydrogen-bond acceptors (Lipinski definition) is 8. The Morgan fingerprint density at radius 1 is 0.884 bits per heavy atom. The zero-order chi connectivity index (χ0) is 30.1. The van der Waals surface area contributed by atoms with Crippen LogP contribution in [-0.4, -0.2) is 71.5 Å². The highest BCUT2D eigenvalue weighted by molar-refractivity contribution is 5.85. The number of aliphatic hydroxyl groups excluding tert-OH is 1. The maximum absolute atomic E-state index is 12.5. The fraction of sp³-hybridized carbons (Fsp3) is 0.914. The lowest BCUT2D eigenvalue weighted by Gasteiger charge is -2.64. The molecule has 7 aliphatic rings. The summed E-state index contributed by atoms with van der Waals surface area (Å²) in [6.07, 6.45) is 12.6. The van der Waals surface area contributed by atoms with Gasteiger partial charge in [-0.1, -0.05) is 13.8 Å². The van der Waals surface area contributed by atoms with Crippen LogP contribution in [0.5, 0.6) is 0 Å². The van der Waals surface area contributed by atoms with E-state index in [-0.39, 0.29) is 47.3 Å². The predicted molar refractivity (Wildman–Crippen MR) is 159 cm³/mol. The molecular weight excluding hydrogens is 548 g/mol. The van der Waals surface area contributed by atoms with Gasteiger partial charge < -0.3 is 33.9 Å². The molecule has 2 unspecified atom stereocenters. The van der Waals surface area contributed by atoms with Crippen molar-refractivity contribution in [3.8, 4) is 0 Å². The van der Waals surface area contributed by atoms with E-state index in [4.69, 9.17) is 23.7 Å². The van der Waals surface area contributed by atoms with Crippen LogP contribution in [0.2, 0.25) is 0 Å². The van der Waals surface area contributed by atoms with Crippen molar-refractivity contribution in [3.05, 3.63) is 11.6 Å². The van der Waals surface area contributed by atoms with Crippen LogP contribution >= 0.6 is 0 Å². The molecule has 4 aliphatic carbocycles. The average molecular weight is 603 g/mol. The van der Waals surface area contributed by atoms with Gasteiger partial charge in [-0.25, -0.2) is 4.79 Å². The molecule has 3 aliphatic heterocycles. The minimum atomic E-state index is -0.685. The van der Waals surface area contributed by atoms with Crippen molar-refractivity contribution >= 4 is 5.97 Å². The summed E-state index contributed by atoms with van der Waals surface area (Å²) < 4.78 is 30.3. The normalized spacial score (nSPS) is 53.4. The molecular formula is C35H54O8. The van der Waals surface area contributed by atoms with Crippen molar-refractivity contribution in [2.24, 2.45) is 34.5 Å². The van der Waals surface area contributed by atoms with Gasteiger partial charge in [0, 0.05) is 17.9 Å².